The summed E-state index contributed by atoms with van der Waals surface area (Å²) >= 11 is 0. The Labute approximate surface area is 192 Å². The highest BCUT2D eigenvalue weighted by atomic mass is 16.6. The maximum absolute atomic E-state index is 12.9. The van der Waals surface area contributed by atoms with Gasteiger partial charge in [-0.1, -0.05) is 36.4 Å². The van der Waals surface area contributed by atoms with E-state index >= 15 is 0 Å². The van der Waals surface area contributed by atoms with E-state index in [0.29, 0.717) is 12.2 Å². The molecule has 0 spiro atoms. The number of carbonyl (C=O) groups excluding carboxylic acids is 3. The second kappa shape index (κ2) is 9.56. The number of amides is 3. The first-order chi connectivity index (χ1) is 15.5. The summed E-state index contributed by atoms with van der Waals surface area (Å²) in [7, 11) is 1.56. The van der Waals surface area contributed by atoms with Crippen LogP contribution >= 0.6 is 0 Å². The summed E-state index contributed by atoms with van der Waals surface area (Å²) in [5.41, 5.74) is 6.71. The number of nitrogens with two attached hydrogens (primary N) is 1. The summed E-state index contributed by atoms with van der Waals surface area (Å²) in [5.74, 6) is -1.15. The molecule has 0 aliphatic carbocycles. The van der Waals surface area contributed by atoms with Gasteiger partial charge in [-0.3, -0.25) is 14.5 Å². The van der Waals surface area contributed by atoms with Gasteiger partial charge in [-0.25, -0.2) is 9.78 Å². The lowest BCUT2D eigenvalue weighted by molar-refractivity contribution is 0.0589. The van der Waals surface area contributed by atoms with Gasteiger partial charge in [0.25, 0.3) is 11.8 Å². The van der Waals surface area contributed by atoms with Gasteiger partial charge in [-0.15, -0.1) is 0 Å². The van der Waals surface area contributed by atoms with Crippen molar-refractivity contribution < 1.29 is 19.1 Å². The van der Waals surface area contributed by atoms with Crippen LogP contribution in [0.5, 0.6) is 0 Å². The molecule has 0 saturated carbocycles. The topological polar surface area (TPSA) is 120 Å². The Hall–Kier alpha value is -4.14. The van der Waals surface area contributed by atoms with E-state index < -0.39 is 23.5 Å². The Morgan fingerprint density at radius 2 is 1.79 bits per heavy atom. The van der Waals surface area contributed by atoms with Gasteiger partial charge < -0.3 is 20.4 Å². The first-order valence-corrected chi connectivity index (χ1v) is 10.3. The van der Waals surface area contributed by atoms with Gasteiger partial charge in [0.05, 0.1) is 6.33 Å². The monoisotopic (exact) mass is 449 g/mol. The van der Waals surface area contributed by atoms with Crippen molar-refractivity contribution in [2.24, 2.45) is 5.73 Å². The van der Waals surface area contributed by atoms with Crippen LogP contribution in [-0.4, -0.2) is 40.1 Å². The standard InChI is InChI=1S/C24H27N5O4/c1-24(2,3)33-23(32)28(4)18-12-8-11-17(13-18)22(31)27-21-19(20(25)30)29(15-26-21)14-16-9-6-5-7-10-16/h5-13,15H,14H2,1-4H3,(H2,25,30)(H,27,31). The molecule has 9 heteroatoms. The van der Waals surface area contributed by atoms with Crippen LogP contribution in [0.4, 0.5) is 16.3 Å². The molecule has 3 amide bonds. The van der Waals surface area contributed by atoms with Crippen molar-refractivity contribution in [3.8, 4) is 0 Å². The van der Waals surface area contributed by atoms with Crippen LogP contribution in [0.1, 0.15) is 47.2 Å². The van der Waals surface area contributed by atoms with E-state index in [4.69, 9.17) is 10.5 Å². The van der Waals surface area contributed by atoms with Gasteiger partial charge in [0.15, 0.2) is 11.5 Å². The third kappa shape index (κ3) is 5.97. The fourth-order valence-corrected chi connectivity index (χ4v) is 3.10. The Morgan fingerprint density at radius 1 is 1.09 bits per heavy atom. The molecule has 0 bridgehead atoms. The molecule has 3 rings (SSSR count). The maximum Gasteiger partial charge on any atom is 0.414 e. The smallest absolute Gasteiger partial charge is 0.414 e. The molecule has 172 valence electrons. The van der Waals surface area contributed by atoms with Gasteiger partial charge in [0.1, 0.15) is 5.60 Å². The average molecular weight is 450 g/mol. The van der Waals surface area contributed by atoms with Crippen molar-refractivity contribution in [2.45, 2.75) is 32.9 Å². The molecule has 9 nitrogen and oxygen atoms in total. The number of hydrogen-bond acceptors (Lipinski definition) is 5. The van der Waals surface area contributed by atoms with Crippen molar-refractivity contribution in [1.82, 2.24) is 9.55 Å². The number of hydrogen-bond donors (Lipinski definition) is 2. The molecule has 0 aliphatic heterocycles. The first-order valence-electron chi connectivity index (χ1n) is 10.3. The molecule has 3 aromatic rings. The number of benzene rings is 2. The number of primary amides is 1. The lowest BCUT2D eigenvalue weighted by Crippen LogP contribution is -2.34. The van der Waals surface area contributed by atoms with Gasteiger partial charge in [-0.2, -0.15) is 0 Å². The van der Waals surface area contributed by atoms with E-state index in [1.54, 1.807) is 56.7 Å². The summed E-state index contributed by atoms with van der Waals surface area (Å²) in [6, 6.07) is 16.0. The SMILES string of the molecule is CN(C(=O)OC(C)(C)C)c1cccc(C(=O)Nc2ncn(Cc3ccccc3)c2C(N)=O)c1. The minimum atomic E-state index is -0.711. The molecule has 0 fully saturated rings. The van der Waals surface area contributed by atoms with E-state index in [1.807, 2.05) is 30.3 Å². The van der Waals surface area contributed by atoms with Gasteiger partial charge in [-0.05, 0) is 44.5 Å². The fourth-order valence-electron chi connectivity index (χ4n) is 3.10. The molecule has 0 saturated heterocycles. The Kier molecular flexibility index (Phi) is 6.81. The lowest BCUT2D eigenvalue weighted by atomic mass is 10.1. The summed E-state index contributed by atoms with van der Waals surface area (Å²) in [6.07, 6.45) is 0.908. The van der Waals surface area contributed by atoms with Crippen LogP contribution < -0.4 is 16.0 Å². The van der Waals surface area contributed by atoms with E-state index in [0.717, 1.165) is 5.56 Å². The summed E-state index contributed by atoms with van der Waals surface area (Å²) in [5, 5.41) is 2.64. The molecule has 1 heterocycles. The minimum absolute atomic E-state index is 0.0642. The normalized spacial score (nSPS) is 11.0. The predicted molar refractivity (Wildman–Crippen MR) is 125 cm³/mol. The lowest BCUT2D eigenvalue weighted by Gasteiger charge is -2.24. The number of anilines is 2. The van der Waals surface area contributed by atoms with Crippen molar-refractivity contribution in [3.05, 3.63) is 77.7 Å². The van der Waals surface area contributed by atoms with E-state index in [-0.39, 0.29) is 17.1 Å². The molecule has 0 unspecified atom stereocenters. The number of carbonyl (C=O) groups is 3. The first kappa shape index (κ1) is 23.5. The van der Waals surface area contributed by atoms with Crippen LogP contribution in [0.25, 0.3) is 0 Å². The fraction of sp³-hybridized carbons (Fsp3) is 0.250. The zero-order valence-electron chi connectivity index (χ0n) is 19.0. The zero-order chi connectivity index (χ0) is 24.2. The van der Waals surface area contributed by atoms with Crippen molar-refractivity contribution in [3.63, 3.8) is 0 Å². The molecule has 0 radical (unpaired) electrons. The summed E-state index contributed by atoms with van der Waals surface area (Å²) in [4.78, 5) is 42.8. The van der Waals surface area contributed by atoms with Gasteiger partial charge in [0.2, 0.25) is 0 Å². The minimum Gasteiger partial charge on any atom is -0.443 e. The molecular formula is C24H27N5O4. The number of nitrogens with zero attached hydrogens (tertiary/aromatic N) is 3. The van der Waals surface area contributed by atoms with Gasteiger partial charge in [0, 0.05) is 24.8 Å². The number of aromatic nitrogens is 2. The van der Waals surface area contributed by atoms with Crippen molar-refractivity contribution in [2.75, 3.05) is 17.3 Å². The van der Waals surface area contributed by atoms with Crippen molar-refractivity contribution >= 4 is 29.4 Å². The van der Waals surface area contributed by atoms with E-state index in [1.165, 1.54) is 11.2 Å². The van der Waals surface area contributed by atoms with Crippen LogP contribution in [-0.2, 0) is 11.3 Å². The number of nitrogens with one attached hydrogen (secondary N) is 1. The zero-order valence-corrected chi connectivity index (χ0v) is 19.0. The van der Waals surface area contributed by atoms with Gasteiger partial charge >= 0.3 is 6.09 Å². The maximum atomic E-state index is 12.9. The molecule has 1 aromatic heterocycles. The van der Waals surface area contributed by atoms with Crippen molar-refractivity contribution in [1.29, 1.82) is 0 Å². The number of imidazole rings is 1. The highest BCUT2D eigenvalue weighted by Gasteiger charge is 2.22. The molecule has 0 atom stereocenters. The highest BCUT2D eigenvalue weighted by molar-refractivity contribution is 6.08. The second-order valence-electron chi connectivity index (χ2n) is 8.46. The summed E-state index contributed by atoms with van der Waals surface area (Å²) in [6.45, 7) is 5.69. The van der Waals surface area contributed by atoms with Crippen LogP contribution in [0.3, 0.4) is 0 Å². The molecule has 33 heavy (non-hydrogen) atoms. The Morgan fingerprint density at radius 3 is 2.42 bits per heavy atom. The van der Waals surface area contributed by atoms with Crippen LogP contribution in [0.2, 0.25) is 0 Å². The molecule has 2 aromatic carbocycles. The average Bonchev–Trinajstić information content (AvgIpc) is 3.14. The molecule has 0 aliphatic rings. The second-order valence-corrected chi connectivity index (χ2v) is 8.46. The molecular weight excluding hydrogens is 422 g/mol. The highest BCUT2D eigenvalue weighted by Crippen LogP contribution is 2.20. The predicted octanol–water partition coefficient (Wildman–Crippen LogP) is 3.65. The quantitative estimate of drug-likeness (QED) is 0.595. The number of ether oxygens (including phenoxy) is 1. The van der Waals surface area contributed by atoms with E-state index in [9.17, 15) is 14.4 Å². The Bertz CT molecular complexity index is 1170. The largest absolute Gasteiger partial charge is 0.443 e. The van der Waals surface area contributed by atoms with Crippen LogP contribution in [0.15, 0.2) is 60.9 Å². The summed E-state index contributed by atoms with van der Waals surface area (Å²) < 4.78 is 6.95. The third-order valence-corrected chi connectivity index (χ3v) is 4.66. The Balaban J connectivity index is 1.80. The van der Waals surface area contributed by atoms with Crippen LogP contribution in [0, 0.1) is 0 Å². The van der Waals surface area contributed by atoms with E-state index in [2.05, 4.69) is 10.3 Å². The number of rotatable bonds is 6. The third-order valence-electron chi connectivity index (χ3n) is 4.66. The molecule has 3 N–H and O–H groups in total.